The molecular formula is C25H18ClF2N5O3. The number of benzene rings is 2. The van der Waals surface area contributed by atoms with Gasteiger partial charge in [0.1, 0.15) is 11.5 Å². The Morgan fingerprint density at radius 2 is 1.86 bits per heavy atom. The topological polar surface area (TPSA) is 98.5 Å². The highest BCUT2D eigenvalue weighted by Gasteiger charge is 2.21. The number of amides is 1. The lowest BCUT2D eigenvalue weighted by Crippen LogP contribution is -2.16. The first kappa shape index (κ1) is 24.7. The zero-order chi connectivity index (χ0) is 25.8. The van der Waals surface area contributed by atoms with Crippen molar-refractivity contribution in [2.24, 2.45) is 4.99 Å². The van der Waals surface area contributed by atoms with Gasteiger partial charge in [-0.05, 0) is 37.9 Å². The number of pyridine rings is 1. The number of para-hydroxylation sites is 1. The summed E-state index contributed by atoms with van der Waals surface area (Å²) in [6.45, 7) is 5.04. The Morgan fingerprint density at radius 1 is 1.11 bits per heavy atom. The predicted octanol–water partition coefficient (Wildman–Crippen LogP) is 5.63. The zero-order valence-corrected chi connectivity index (χ0v) is 19.6. The molecular weight excluding hydrogens is 492 g/mol. The van der Waals surface area contributed by atoms with Crippen molar-refractivity contribution in [1.82, 2.24) is 14.8 Å². The summed E-state index contributed by atoms with van der Waals surface area (Å²) in [6, 6.07) is 14.9. The van der Waals surface area contributed by atoms with E-state index in [1.165, 1.54) is 28.9 Å². The van der Waals surface area contributed by atoms with Crippen molar-refractivity contribution in [3.63, 3.8) is 0 Å². The molecule has 0 radical (unpaired) electrons. The minimum Gasteiger partial charge on any atom is -0.461 e. The minimum absolute atomic E-state index is 0.0158. The molecule has 4 rings (SSSR count). The van der Waals surface area contributed by atoms with Crippen molar-refractivity contribution in [1.29, 1.82) is 0 Å². The van der Waals surface area contributed by atoms with Crippen LogP contribution in [0.3, 0.4) is 0 Å². The highest BCUT2D eigenvalue weighted by molar-refractivity contribution is 6.34. The number of aliphatic imine (C=N–C) groups is 1. The summed E-state index contributed by atoms with van der Waals surface area (Å²) in [5, 5.41) is 7.00. The second kappa shape index (κ2) is 10.4. The molecule has 2 heterocycles. The van der Waals surface area contributed by atoms with Crippen LogP contribution in [-0.2, 0) is 4.74 Å². The van der Waals surface area contributed by atoms with E-state index < -0.39 is 23.5 Å². The Hall–Kier alpha value is -4.44. The van der Waals surface area contributed by atoms with E-state index in [2.05, 4.69) is 27.1 Å². The molecule has 0 atom stereocenters. The van der Waals surface area contributed by atoms with Gasteiger partial charge in [-0.3, -0.25) is 4.79 Å². The predicted molar refractivity (Wildman–Crippen MR) is 131 cm³/mol. The first-order valence-corrected chi connectivity index (χ1v) is 11.0. The molecule has 0 aliphatic heterocycles. The SMILES string of the molecule is C=Nc1nc(-c2ccc(Cl)c(C(=O)Nc3cc(C(=O)OCC)nn3-c3ccccc3)c2)c(F)cc1F. The Balaban J connectivity index is 1.72. The maximum absolute atomic E-state index is 14.5. The van der Waals surface area contributed by atoms with Gasteiger partial charge in [-0.2, -0.15) is 5.10 Å². The zero-order valence-electron chi connectivity index (χ0n) is 18.8. The summed E-state index contributed by atoms with van der Waals surface area (Å²) in [5.74, 6) is -3.46. The largest absolute Gasteiger partial charge is 0.461 e. The molecule has 2 aromatic carbocycles. The molecule has 8 nitrogen and oxygen atoms in total. The van der Waals surface area contributed by atoms with E-state index in [0.29, 0.717) is 11.8 Å². The number of ether oxygens (including phenoxy) is 1. The molecule has 0 aliphatic carbocycles. The molecule has 0 spiro atoms. The van der Waals surface area contributed by atoms with E-state index in [-0.39, 0.29) is 45.8 Å². The normalized spacial score (nSPS) is 10.7. The number of carbonyl (C=O) groups is 2. The maximum Gasteiger partial charge on any atom is 0.358 e. The number of nitrogens with zero attached hydrogens (tertiary/aromatic N) is 4. The molecule has 0 aliphatic rings. The van der Waals surface area contributed by atoms with Gasteiger partial charge < -0.3 is 10.1 Å². The third-order valence-electron chi connectivity index (χ3n) is 4.98. The summed E-state index contributed by atoms with van der Waals surface area (Å²) in [7, 11) is 0. The third-order valence-corrected chi connectivity index (χ3v) is 5.31. The van der Waals surface area contributed by atoms with Crippen molar-refractivity contribution in [2.75, 3.05) is 11.9 Å². The maximum atomic E-state index is 14.5. The Bertz CT molecular complexity index is 1470. The molecule has 36 heavy (non-hydrogen) atoms. The van der Waals surface area contributed by atoms with Gasteiger partial charge in [0.15, 0.2) is 23.1 Å². The lowest BCUT2D eigenvalue weighted by molar-refractivity contribution is 0.0518. The molecule has 0 saturated carbocycles. The van der Waals surface area contributed by atoms with Gasteiger partial charge in [0, 0.05) is 17.7 Å². The van der Waals surface area contributed by atoms with Gasteiger partial charge in [0.2, 0.25) is 0 Å². The average molecular weight is 510 g/mol. The summed E-state index contributed by atoms with van der Waals surface area (Å²) < 4.78 is 34.6. The smallest absolute Gasteiger partial charge is 0.358 e. The molecule has 0 bridgehead atoms. The van der Waals surface area contributed by atoms with E-state index in [1.54, 1.807) is 37.3 Å². The quantitative estimate of drug-likeness (QED) is 0.257. The fourth-order valence-electron chi connectivity index (χ4n) is 3.34. The number of hydrogen-bond donors (Lipinski definition) is 1. The summed E-state index contributed by atoms with van der Waals surface area (Å²) in [4.78, 5) is 32.8. The van der Waals surface area contributed by atoms with E-state index in [4.69, 9.17) is 16.3 Å². The van der Waals surface area contributed by atoms with Gasteiger partial charge in [0.25, 0.3) is 5.91 Å². The molecule has 0 fully saturated rings. The highest BCUT2D eigenvalue weighted by atomic mass is 35.5. The Kier molecular flexibility index (Phi) is 7.16. The Labute approximate surface area is 209 Å². The van der Waals surface area contributed by atoms with Crippen LogP contribution in [0.15, 0.2) is 65.7 Å². The number of rotatable bonds is 7. The van der Waals surface area contributed by atoms with Gasteiger partial charge in [-0.15, -0.1) is 0 Å². The van der Waals surface area contributed by atoms with Gasteiger partial charge in [-0.1, -0.05) is 35.9 Å². The van der Waals surface area contributed by atoms with E-state index in [9.17, 15) is 18.4 Å². The second-order valence-electron chi connectivity index (χ2n) is 7.31. The molecule has 2 aromatic heterocycles. The number of nitrogens with one attached hydrogen (secondary N) is 1. The summed E-state index contributed by atoms with van der Waals surface area (Å²) >= 11 is 6.26. The number of halogens is 3. The monoisotopic (exact) mass is 509 g/mol. The van der Waals surface area contributed by atoms with Crippen LogP contribution < -0.4 is 5.32 Å². The van der Waals surface area contributed by atoms with Gasteiger partial charge in [-0.25, -0.2) is 28.2 Å². The summed E-state index contributed by atoms with van der Waals surface area (Å²) in [6.07, 6.45) is 0. The number of aromatic nitrogens is 3. The number of anilines is 1. The molecule has 1 N–H and O–H groups in total. The van der Waals surface area contributed by atoms with Crippen molar-refractivity contribution >= 4 is 41.8 Å². The fourth-order valence-corrected chi connectivity index (χ4v) is 3.54. The molecule has 1 amide bonds. The van der Waals surface area contributed by atoms with Gasteiger partial charge >= 0.3 is 5.97 Å². The van der Waals surface area contributed by atoms with Crippen molar-refractivity contribution in [3.8, 4) is 16.9 Å². The number of carbonyl (C=O) groups excluding carboxylic acids is 2. The second-order valence-corrected chi connectivity index (χ2v) is 7.72. The van der Waals surface area contributed by atoms with Crippen LogP contribution >= 0.6 is 11.6 Å². The molecule has 182 valence electrons. The van der Waals surface area contributed by atoms with Crippen molar-refractivity contribution in [3.05, 3.63) is 88.6 Å². The van der Waals surface area contributed by atoms with Crippen molar-refractivity contribution in [2.45, 2.75) is 6.92 Å². The fraction of sp³-hybridized carbons (Fsp3) is 0.0800. The van der Waals surface area contributed by atoms with E-state index in [1.807, 2.05) is 0 Å². The molecule has 11 heteroatoms. The van der Waals surface area contributed by atoms with E-state index in [0.717, 1.165) is 0 Å². The van der Waals surface area contributed by atoms with Crippen LogP contribution in [0.4, 0.5) is 20.4 Å². The summed E-state index contributed by atoms with van der Waals surface area (Å²) in [5.41, 5.74) is 0.466. The lowest BCUT2D eigenvalue weighted by Gasteiger charge is -2.11. The molecule has 0 unspecified atom stereocenters. The third kappa shape index (κ3) is 4.98. The van der Waals surface area contributed by atoms with Crippen LogP contribution in [0.2, 0.25) is 5.02 Å². The standard InChI is InChI=1S/C25H18ClF2N5O3/c1-3-36-25(35)20-13-21(33(32-20)15-7-5-4-6-8-15)30-24(34)16-11-14(9-10-17(16)26)22-18(27)12-19(28)23(29-2)31-22/h4-13H,2-3H2,1H3,(H,30,34). The van der Waals surface area contributed by atoms with Crippen LogP contribution in [0.5, 0.6) is 0 Å². The minimum atomic E-state index is -0.968. The highest BCUT2D eigenvalue weighted by Crippen LogP contribution is 2.30. The van der Waals surface area contributed by atoms with Crippen LogP contribution in [0.25, 0.3) is 16.9 Å². The number of hydrogen-bond acceptors (Lipinski definition) is 6. The van der Waals surface area contributed by atoms with Crippen LogP contribution in [0.1, 0.15) is 27.8 Å². The number of esters is 1. The van der Waals surface area contributed by atoms with Crippen LogP contribution in [-0.4, -0.2) is 40.0 Å². The van der Waals surface area contributed by atoms with E-state index >= 15 is 0 Å². The molecule has 0 saturated heterocycles. The Morgan fingerprint density at radius 3 is 2.56 bits per heavy atom. The first-order chi connectivity index (χ1) is 17.3. The van der Waals surface area contributed by atoms with Crippen LogP contribution in [0, 0.1) is 11.6 Å². The van der Waals surface area contributed by atoms with Crippen molar-refractivity contribution < 1.29 is 23.1 Å². The first-order valence-electron chi connectivity index (χ1n) is 10.6. The molecule has 4 aromatic rings. The average Bonchev–Trinajstić information content (AvgIpc) is 3.29. The lowest BCUT2D eigenvalue weighted by atomic mass is 10.1. The van der Waals surface area contributed by atoms with Gasteiger partial charge in [0.05, 0.1) is 22.9 Å².